The van der Waals surface area contributed by atoms with Gasteiger partial charge in [-0.2, -0.15) is 0 Å². The Kier molecular flexibility index (Phi) is 7.44. The minimum atomic E-state index is -0.504. The van der Waals surface area contributed by atoms with Gasteiger partial charge in [0, 0.05) is 24.3 Å². The Morgan fingerprint density at radius 3 is 2.42 bits per heavy atom. The molecule has 2 atom stereocenters. The topological polar surface area (TPSA) is 87.7 Å². The molecule has 0 spiro atoms. The minimum Gasteiger partial charge on any atom is -0.456 e. The maximum atomic E-state index is 12.3. The Labute approximate surface area is 154 Å². The predicted octanol–water partition coefficient (Wildman–Crippen LogP) is 2.53. The fourth-order valence-electron chi connectivity index (χ4n) is 3.18. The van der Waals surface area contributed by atoms with Crippen LogP contribution in [0, 0.1) is 0 Å². The Bertz CT molecular complexity index is 610. The van der Waals surface area contributed by atoms with Crippen molar-refractivity contribution in [1.29, 1.82) is 0 Å². The molecule has 0 bridgehead atoms. The number of amides is 3. The van der Waals surface area contributed by atoms with E-state index in [-0.39, 0.29) is 37.6 Å². The number of carbonyl (C=O) groups excluding carboxylic acids is 3. The van der Waals surface area contributed by atoms with Crippen molar-refractivity contribution in [3.05, 3.63) is 30.3 Å². The molecule has 0 unspecified atom stereocenters. The summed E-state index contributed by atoms with van der Waals surface area (Å²) in [5, 5.41) is 5.24. The highest BCUT2D eigenvalue weighted by molar-refractivity contribution is 5.89. The summed E-state index contributed by atoms with van der Waals surface area (Å²) in [6, 6.07) is 8.97. The summed E-state index contributed by atoms with van der Waals surface area (Å²) in [7, 11) is 0. The van der Waals surface area contributed by atoms with Crippen LogP contribution in [0.5, 0.6) is 0 Å². The first-order valence-electron chi connectivity index (χ1n) is 9.04. The normalized spacial score (nSPS) is 19.5. The van der Waals surface area contributed by atoms with Gasteiger partial charge in [-0.25, -0.2) is 4.79 Å². The first-order valence-corrected chi connectivity index (χ1v) is 9.04. The first kappa shape index (κ1) is 19.8. The molecule has 2 rings (SSSR count). The van der Waals surface area contributed by atoms with Crippen LogP contribution in [-0.4, -0.2) is 48.0 Å². The van der Waals surface area contributed by atoms with Crippen LogP contribution in [0.1, 0.15) is 39.5 Å². The molecule has 3 amide bonds. The van der Waals surface area contributed by atoms with Gasteiger partial charge in [0.15, 0.2) is 6.61 Å². The molecular formula is C19H27N3O4. The number of nitrogens with zero attached hydrogens (tertiary/aromatic N) is 1. The quantitative estimate of drug-likeness (QED) is 0.762. The van der Waals surface area contributed by atoms with Crippen molar-refractivity contribution >= 4 is 23.6 Å². The van der Waals surface area contributed by atoms with Gasteiger partial charge in [-0.1, -0.05) is 18.2 Å². The van der Waals surface area contributed by atoms with Crippen LogP contribution in [-0.2, 0) is 14.3 Å². The lowest BCUT2D eigenvalue weighted by Gasteiger charge is -2.38. The number of ether oxygens (including phenoxy) is 1. The molecule has 1 aliphatic rings. The van der Waals surface area contributed by atoms with Crippen LogP contribution in [0.4, 0.5) is 10.5 Å². The number of rotatable bonds is 6. The number of piperidine rings is 1. The van der Waals surface area contributed by atoms with E-state index in [0.717, 1.165) is 19.3 Å². The van der Waals surface area contributed by atoms with E-state index in [0.29, 0.717) is 5.69 Å². The van der Waals surface area contributed by atoms with Gasteiger partial charge in [0.1, 0.15) is 0 Å². The van der Waals surface area contributed by atoms with Crippen LogP contribution in [0.3, 0.4) is 0 Å². The molecule has 1 fully saturated rings. The van der Waals surface area contributed by atoms with Gasteiger partial charge in [0.05, 0.1) is 6.42 Å². The predicted molar refractivity (Wildman–Crippen MR) is 98.7 cm³/mol. The molecule has 1 saturated heterocycles. The number of likely N-dealkylation sites (tertiary alicyclic amines) is 1. The second-order valence-electron chi connectivity index (χ2n) is 6.59. The number of carbonyl (C=O) groups is 3. The molecule has 7 heteroatoms. The highest BCUT2D eigenvalue weighted by Gasteiger charge is 2.29. The summed E-state index contributed by atoms with van der Waals surface area (Å²) >= 11 is 0. The minimum absolute atomic E-state index is 0.0145. The first-order chi connectivity index (χ1) is 12.5. The summed E-state index contributed by atoms with van der Waals surface area (Å²) in [5.41, 5.74) is 0.669. The van der Waals surface area contributed by atoms with E-state index in [1.54, 1.807) is 12.1 Å². The number of benzene rings is 1. The Hall–Kier alpha value is -2.57. The second-order valence-corrected chi connectivity index (χ2v) is 6.59. The number of nitrogens with one attached hydrogen (secondary N) is 2. The third-order valence-corrected chi connectivity index (χ3v) is 4.48. The average molecular weight is 361 g/mol. The summed E-state index contributed by atoms with van der Waals surface area (Å²) in [6.07, 6.45) is 3.08. The van der Waals surface area contributed by atoms with E-state index >= 15 is 0 Å². The molecular weight excluding hydrogens is 334 g/mol. The summed E-state index contributed by atoms with van der Waals surface area (Å²) in [4.78, 5) is 37.6. The number of esters is 1. The molecule has 1 aromatic rings. The van der Waals surface area contributed by atoms with Crippen LogP contribution in [0.2, 0.25) is 0 Å². The summed E-state index contributed by atoms with van der Waals surface area (Å²) < 4.78 is 5.05. The molecule has 1 aromatic carbocycles. The molecule has 0 aromatic heterocycles. The molecule has 1 heterocycles. The van der Waals surface area contributed by atoms with Gasteiger partial charge in [-0.15, -0.1) is 0 Å². The van der Waals surface area contributed by atoms with E-state index in [1.807, 2.05) is 36.9 Å². The van der Waals surface area contributed by atoms with E-state index in [2.05, 4.69) is 10.6 Å². The van der Waals surface area contributed by atoms with Gasteiger partial charge >= 0.3 is 12.0 Å². The van der Waals surface area contributed by atoms with E-state index in [4.69, 9.17) is 4.74 Å². The highest BCUT2D eigenvalue weighted by atomic mass is 16.5. The van der Waals surface area contributed by atoms with Crippen molar-refractivity contribution in [2.45, 2.75) is 51.6 Å². The largest absolute Gasteiger partial charge is 0.456 e. The Morgan fingerprint density at radius 1 is 1.12 bits per heavy atom. The fraction of sp³-hybridized carbons (Fsp3) is 0.526. The molecule has 26 heavy (non-hydrogen) atoms. The van der Waals surface area contributed by atoms with E-state index < -0.39 is 12.0 Å². The molecule has 7 nitrogen and oxygen atoms in total. The highest BCUT2D eigenvalue weighted by Crippen LogP contribution is 2.22. The zero-order valence-electron chi connectivity index (χ0n) is 15.4. The van der Waals surface area contributed by atoms with E-state index in [1.165, 1.54) is 0 Å². The standard InChI is InChI=1S/C19H27N3O4/c1-14-7-6-8-15(2)22(14)17(23)13-26-18(24)11-12-20-19(25)21-16-9-4-3-5-10-16/h3-5,9-10,14-15H,6-8,11-13H2,1-2H3,(H2,20,21,25)/t14-,15+. The van der Waals surface area contributed by atoms with E-state index in [9.17, 15) is 14.4 Å². The smallest absolute Gasteiger partial charge is 0.319 e. The number of anilines is 1. The Balaban J connectivity index is 1.64. The average Bonchev–Trinajstić information content (AvgIpc) is 2.60. The lowest BCUT2D eigenvalue weighted by molar-refractivity contribution is -0.154. The van der Waals surface area contributed by atoms with Crippen LogP contribution >= 0.6 is 0 Å². The molecule has 1 aliphatic heterocycles. The number of hydrogen-bond donors (Lipinski definition) is 2. The van der Waals surface area contributed by atoms with Gasteiger partial charge in [0.2, 0.25) is 0 Å². The van der Waals surface area contributed by atoms with Crippen molar-refractivity contribution in [2.24, 2.45) is 0 Å². The zero-order chi connectivity index (χ0) is 18.9. The van der Waals surface area contributed by atoms with Crippen molar-refractivity contribution < 1.29 is 19.1 Å². The van der Waals surface area contributed by atoms with Crippen LogP contribution in [0.25, 0.3) is 0 Å². The number of para-hydroxylation sites is 1. The number of hydrogen-bond acceptors (Lipinski definition) is 4. The van der Waals surface area contributed by atoms with Gasteiger partial charge in [-0.05, 0) is 45.2 Å². The SMILES string of the molecule is C[C@@H]1CCC[C@H](C)N1C(=O)COC(=O)CCNC(=O)Nc1ccccc1. The third-order valence-electron chi connectivity index (χ3n) is 4.48. The van der Waals surface area contributed by atoms with Crippen LogP contribution in [0.15, 0.2) is 30.3 Å². The molecule has 0 aliphatic carbocycles. The monoisotopic (exact) mass is 361 g/mol. The van der Waals surface area contributed by atoms with Gasteiger partial charge < -0.3 is 20.3 Å². The maximum Gasteiger partial charge on any atom is 0.319 e. The maximum absolute atomic E-state index is 12.3. The van der Waals surface area contributed by atoms with Gasteiger partial charge in [0.25, 0.3) is 5.91 Å². The third kappa shape index (κ3) is 6.06. The molecule has 0 saturated carbocycles. The zero-order valence-corrected chi connectivity index (χ0v) is 15.4. The molecule has 0 radical (unpaired) electrons. The Morgan fingerprint density at radius 2 is 1.77 bits per heavy atom. The molecule has 142 valence electrons. The number of urea groups is 1. The fourth-order valence-corrected chi connectivity index (χ4v) is 3.18. The lowest BCUT2D eigenvalue weighted by Crippen LogP contribution is -2.49. The second kappa shape index (κ2) is 9.79. The lowest BCUT2D eigenvalue weighted by atomic mass is 9.97. The van der Waals surface area contributed by atoms with Crippen LogP contribution < -0.4 is 10.6 Å². The van der Waals surface area contributed by atoms with Crippen molar-refractivity contribution in [2.75, 3.05) is 18.5 Å². The van der Waals surface area contributed by atoms with Gasteiger partial charge in [-0.3, -0.25) is 9.59 Å². The van der Waals surface area contributed by atoms with Crippen molar-refractivity contribution in [3.8, 4) is 0 Å². The summed E-state index contributed by atoms with van der Waals surface area (Å²) in [5.74, 6) is -0.663. The van der Waals surface area contributed by atoms with Crippen molar-refractivity contribution in [1.82, 2.24) is 10.2 Å². The summed E-state index contributed by atoms with van der Waals surface area (Å²) in [6.45, 7) is 3.93. The van der Waals surface area contributed by atoms with Crippen molar-refractivity contribution in [3.63, 3.8) is 0 Å². The molecule has 2 N–H and O–H groups in total.